The van der Waals surface area contributed by atoms with E-state index in [-0.39, 0.29) is 11.2 Å². The number of thioether (sulfide) groups is 1. The topological polar surface area (TPSA) is 74.8 Å². The quantitative estimate of drug-likeness (QED) is 0.580. The van der Waals surface area contributed by atoms with E-state index >= 15 is 0 Å². The molecule has 0 saturated heterocycles. The number of rotatable bonds is 7. The van der Waals surface area contributed by atoms with Gasteiger partial charge in [-0.15, -0.1) is 0 Å². The molecule has 5 nitrogen and oxygen atoms in total. The fourth-order valence-corrected chi connectivity index (χ4v) is 2.90. The summed E-state index contributed by atoms with van der Waals surface area (Å²) in [6.07, 6.45) is 2.59. The molecule has 1 heterocycles. The van der Waals surface area contributed by atoms with Gasteiger partial charge in [-0.05, 0) is 31.9 Å². The minimum Gasteiger partial charge on any atom is -0.323 e. The summed E-state index contributed by atoms with van der Waals surface area (Å²) in [5, 5.41) is 2.10. The Kier molecular flexibility index (Phi) is 6.69. The molecule has 0 radical (unpaired) electrons. The maximum atomic E-state index is 13.6. The molecular formula is C17H19F2N3O2S. The van der Waals surface area contributed by atoms with E-state index in [4.69, 9.17) is 0 Å². The molecule has 2 rings (SSSR count). The first-order valence-corrected chi connectivity index (χ1v) is 8.79. The smallest absolute Gasteiger partial charge is 0.251 e. The standard InChI is InChI=1S/C17H19F2N3O2S/c1-3-4-5-12-9-15(23)22-17(20-12)25-10(2)16(24)21-14-7-6-11(18)8-13(14)19/h6-10H,3-5H2,1-2H3,(H,21,24)(H,20,22,23). The number of H-pyrrole nitrogens is 1. The summed E-state index contributed by atoms with van der Waals surface area (Å²) >= 11 is 1.07. The zero-order valence-corrected chi connectivity index (χ0v) is 14.8. The molecule has 8 heteroatoms. The number of nitrogens with zero attached hydrogens (tertiary/aromatic N) is 1. The Balaban J connectivity index is 2.05. The number of anilines is 1. The number of amides is 1. The monoisotopic (exact) mass is 367 g/mol. The largest absolute Gasteiger partial charge is 0.323 e. The summed E-state index contributed by atoms with van der Waals surface area (Å²) < 4.78 is 26.5. The predicted octanol–water partition coefficient (Wildman–Crippen LogP) is 3.51. The molecule has 1 atom stereocenters. The first-order valence-electron chi connectivity index (χ1n) is 7.92. The lowest BCUT2D eigenvalue weighted by Gasteiger charge is -2.12. The van der Waals surface area contributed by atoms with Crippen LogP contribution in [0.5, 0.6) is 0 Å². The molecule has 0 fully saturated rings. The Morgan fingerprint density at radius 3 is 2.80 bits per heavy atom. The number of aromatic nitrogens is 2. The van der Waals surface area contributed by atoms with Crippen LogP contribution in [0, 0.1) is 11.6 Å². The van der Waals surface area contributed by atoms with E-state index < -0.39 is 22.8 Å². The first kappa shape index (κ1) is 19.1. The average molecular weight is 367 g/mol. The molecule has 2 aromatic rings. The second kappa shape index (κ2) is 8.75. The lowest BCUT2D eigenvalue weighted by molar-refractivity contribution is -0.115. The Labute approximate surface area is 148 Å². The van der Waals surface area contributed by atoms with Crippen molar-refractivity contribution in [1.82, 2.24) is 9.97 Å². The first-order chi connectivity index (χ1) is 11.9. The highest BCUT2D eigenvalue weighted by atomic mass is 32.2. The van der Waals surface area contributed by atoms with Crippen LogP contribution in [-0.4, -0.2) is 21.1 Å². The van der Waals surface area contributed by atoms with Crippen molar-refractivity contribution in [1.29, 1.82) is 0 Å². The van der Waals surface area contributed by atoms with Crippen molar-refractivity contribution in [2.75, 3.05) is 5.32 Å². The summed E-state index contributed by atoms with van der Waals surface area (Å²) in [5.74, 6) is -2.04. The van der Waals surface area contributed by atoms with Crippen LogP contribution in [0.15, 0.2) is 34.2 Å². The maximum absolute atomic E-state index is 13.6. The van der Waals surface area contributed by atoms with Gasteiger partial charge in [-0.1, -0.05) is 25.1 Å². The molecule has 1 amide bonds. The Morgan fingerprint density at radius 1 is 1.36 bits per heavy atom. The van der Waals surface area contributed by atoms with Gasteiger partial charge in [0.25, 0.3) is 5.56 Å². The number of halogens is 2. The van der Waals surface area contributed by atoms with Crippen molar-refractivity contribution in [2.45, 2.75) is 43.5 Å². The van der Waals surface area contributed by atoms with E-state index in [1.54, 1.807) is 6.92 Å². The molecule has 0 bridgehead atoms. The fraction of sp³-hybridized carbons (Fsp3) is 0.353. The molecule has 2 N–H and O–H groups in total. The van der Waals surface area contributed by atoms with Gasteiger partial charge in [0.05, 0.1) is 10.9 Å². The highest BCUT2D eigenvalue weighted by Crippen LogP contribution is 2.21. The van der Waals surface area contributed by atoms with E-state index in [1.165, 1.54) is 6.07 Å². The molecule has 0 aliphatic carbocycles. The third kappa shape index (κ3) is 5.67. The summed E-state index contributed by atoms with van der Waals surface area (Å²) in [4.78, 5) is 30.8. The van der Waals surface area contributed by atoms with Crippen LogP contribution in [0.2, 0.25) is 0 Å². The highest BCUT2D eigenvalue weighted by molar-refractivity contribution is 8.00. The Hall–Kier alpha value is -2.22. The number of hydrogen-bond donors (Lipinski definition) is 2. The molecule has 25 heavy (non-hydrogen) atoms. The molecule has 1 aromatic carbocycles. The molecule has 0 aliphatic heterocycles. The van der Waals surface area contributed by atoms with Gasteiger partial charge in [0, 0.05) is 17.8 Å². The van der Waals surface area contributed by atoms with Crippen LogP contribution < -0.4 is 10.9 Å². The van der Waals surface area contributed by atoms with E-state index in [0.29, 0.717) is 23.3 Å². The molecule has 0 saturated carbocycles. The number of nitrogens with one attached hydrogen (secondary N) is 2. The Bertz CT molecular complexity index is 811. The molecule has 1 unspecified atom stereocenters. The van der Waals surface area contributed by atoms with Crippen molar-refractivity contribution in [2.24, 2.45) is 0 Å². The van der Waals surface area contributed by atoms with Gasteiger partial charge in [-0.25, -0.2) is 13.8 Å². The van der Waals surface area contributed by atoms with Crippen LogP contribution in [0.1, 0.15) is 32.4 Å². The minimum absolute atomic E-state index is 0.100. The maximum Gasteiger partial charge on any atom is 0.251 e. The summed E-state index contributed by atoms with van der Waals surface area (Å²) in [7, 11) is 0. The van der Waals surface area contributed by atoms with Crippen molar-refractivity contribution >= 4 is 23.4 Å². The van der Waals surface area contributed by atoms with Crippen LogP contribution in [-0.2, 0) is 11.2 Å². The van der Waals surface area contributed by atoms with Crippen LogP contribution in [0.4, 0.5) is 14.5 Å². The van der Waals surface area contributed by atoms with Crippen molar-refractivity contribution in [3.05, 3.63) is 51.9 Å². The third-order valence-corrected chi connectivity index (χ3v) is 4.39. The lowest BCUT2D eigenvalue weighted by Crippen LogP contribution is -2.24. The Morgan fingerprint density at radius 2 is 2.12 bits per heavy atom. The highest BCUT2D eigenvalue weighted by Gasteiger charge is 2.18. The molecular weight excluding hydrogens is 348 g/mol. The minimum atomic E-state index is -0.848. The number of carbonyl (C=O) groups is 1. The molecule has 0 spiro atoms. The van der Waals surface area contributed by atoms with Gasteiger partial charge >= 0.3 is 0 Å². The number of hydrogen-bond acceptors (Lipinski definition) is 4. The number of aromatic amines is 1. The number of carbonyl (C=O) groups excluding carboxylic acids is 1. The number of unbranched alkanes of at least 4 members (excludes halogenated alkanes) is 1. The predicted molar refractivity (Wildman–Crippen MR) is 93.8 cm³/mol. The van der Waals surface area contributed by atoms with Crippen molar-refractivity contribution < 1.29 is 13.6 Å². The van der Waals surface area contributed by atoms with Crippen LogP contribution in [0.25, 0.3) is 0 Å². The van der Waals surface area contributed by atoms with Gasteiger partial charge in [0.1, 0.15) is 11.6 Å². The van der Waals surface area contributed by atoms with Crippen molar-refractivity contribution in [3.63, 3.8) is 0 Å². The third-order valence-electron chi connectivity index (χ3n) is 3.41. The normalized spacial score (nSPS) is 12.0. The van der Waals surface area contributed by atoms with Gasteiger partial charge in [-0.2, -0.15) is 0 Å². The van der Waals surface area contributed by atoms with Gasteiger partial charge in [0.2, 0.25) is 5.91 Å². The van der Waals surface area contributed by atoms with Gasteiger partial charge in [-0.3, -0.25) is 9.59 Å². The zero-order chi connectivity index (χ0) is 18.4. The van der Waals surface area contributed by atoms with E-state index in [2.05, 4.69) is 15.3 Å². The van der Waals surface area contributed by atoms with E-state index in [9.17, 15) is 18.4 Å². The van der Waals surface area contributed by atoms with Gasteiger partial charge in [0.15, 0.2) is 5.16 Å². The molecule has 134 valence electrons. The van der Waals surface area contributed by atoms with Crippen LogP contribution in [0.3, 0.4) is 0 Å². The fourth-order valence-electron chi connectivity index (χ4n) is 2.07. The SMILES string of the molecule is CCCCc1cc(=O)[nH]c(SC(C)C(=O)Nc2ccc(F)cc2F)n1. The summed E-state index contributed by atoms with van der Waals surface area (Å²) in [6, 6.07) is 4.36. The summed E-state index contributed by atoms with van der Waals surface area (Å²) in [6.45, 7) is 3.66. The zero-order valence-electron chi connectivity index (χ0n) is 13.9. The summed E-state index contributed by atoms with van der Waals surface area (Å²) in [5.41, 5.74) is 0.295. The van der Waals surface area contributed by atoms with Crippen molar-refractivity contribution in [3.8, 4) is 0 Å². The average Bonchev–Trinajstić information content (AvgIpc) is 2.54. The number of benzene rings is 1. The second-order valence-corrected chi connectivity index (χ2v) is 6.85. The molecule has 0 aliphatic rings. The van der Waals surface area contributed by atoms with E-state index in [1.807, 2.05) is 6.92 Å². The second-order valence-electron chi connectivity index (χ2n) is 5.52. The van der Waals surface area contributed by atoms with E-state index in [0.717, 1.165) is 36.7 Å². The van der Waals surface area contributed by atoms with Gasteiger partial charge < -0.3 is 10.3 Å². The molecule has 1 aromatic heterocycles. The lowest BCUT2D eigenvalue weighted by atomic mass is 10.2. The number of aryl methyl sites for hydroxylation is 1. The van der Waals surface area contributed by atoms with Crippen LogP contribution >= 0.6 is 11.8 Å².